The Hall–Kier alpha value is -2.25. The number of carbonyl (C=O) groups excluding carboxylic acids is 1. The quantitative estimate of drug-likeness (QED) is 0.430. The molecule has 126 valence electrons. The summed E-state index contributed by atoms with van der Waals surface area (Å²) in [5.74, 6) is 0. The van der Waals surface area contributed by atoms with Crippen LogP contribution in [0, 0.1) is 0 Å². The average molecular weight is 377 g/mol. The van der Waals surface area contributed by atoms with Crippen molar-refractivity contribution >= 4 is 41.2 Å². The minimum Gasteiger partial charge on any atom is -0.298 e. The van der Waals surface area contributed by atoms with E-state index in [-0.39, 0.29) is 5.69 Å². The van der Waals surface area contributed by atoms with Crippen LogP contribution in [0.3, 0.4) is 0 Å². The molecule has 1 N–H and O–H groups in total. The SMILES string of the molecule is O=C(Nc1ccc(C(F)(F)F)cc1)O/N=C\c1ccc(Cl)cc1Cl. The zero-order chi connectivity index (χ0) is 17.7. The zero-order valence-electron chi connectivity index (χ0n) is 11.8. The standard InChI is InChI=1S/C15H9Cl2F3N2O2/c16-11-4-1-9(13(17)7-11)8-21-24-14(23)22-12-5-2-10(3-6-12)15(18,19)20/h1-8H,(H,22,23)/b21-8-. The summed E-state index contributed by atoms with van der Waals surface area (Å²) >= 11 is 11.6. The molecule has 2 aromatic carbocycles. The van der Waals surface area contributed by atoms with Crippen molar-refractivity contribution in [3.63, 3.8) is 0 Å². The van der Waals surface area contributed by atoms with Crippen LogP contribution in [0.4, 0.5) is 23.7 Å². The predicted molar refractivity (Wildman–Crippen MR) is 85.6 cm³/mol. The van der Waals surface area contributed by atoms with Gasteiger partial charge >= 0.3 is 12.3 Å². The molecule has 4 nitrogen and oxygen atoms in total. The minimum absolute atomic E-state index is 0.132. The Morgan fingerprint density at radius 3 is 2.38 bits per heavy atom. The largest absolute Gasteiger partial charge is 0.437 e. The molecule has 0 aliphatic rings. The van der Waals surface area contributed by atoms with Crippen LogP contribution in [-0.2, 0) is 11.0 Å². The van der Waals surface area contributed by atoms with E-state index < -0.39 is 17.8 Å². The molecule has 0 aromatic heterocycles. The lowest BCUT2D eigenvalue weighted by atomic mass is 10.2. The summed E-state index contributed by atoms with van der Waals surface area (Å²) in [6, 6.07) is 8.53. The normalized spacial score (nSPS) is 11.5. The van der Waals surface area contributed by atoms with Gasteiger partial charge < -0.3 is 0 Å². The molecule has 0 radical (unpaired) electrons. The van der Waals surface area contributed by atoms with Crippen molar-refractivity contribution in [2.24, 2.45) is 5.16 Å². The molecule has 0 heterocycles. The van der Waals surface area contributed by atoms with Gasteiger partial charge in [-0.25, -0.2) is 4.79 Å². The molecular formula is C15H9Cl2F3N2O2. The number of oxime groups is 1. The van der Waals surface area contributed by atoms with Crippen molar-refractivity contribution in [3.8, 4) is 0 Å². The number of rotatable bonds is 3. The maximum atomic E-state index is 12.4. The van der Waals surface area contributed by atoms with Gasteiger partial charge in [-0.3, -0.25) is 10.2 Å². The average Bonchev–Trinajstić information content (AvgIpc) is 2.49. The van der Waals surface area contributed by atoms with Gasteiger partial charge in [-0.05, 0) is 36.4 Å². The van der Waals surface area contributed by atoms with E-state index in [0.29, 0.717) is 15.6 Å². The van der Waals surface area contributed by atoms with Crippen molar-refractivity contribution < 1.29 is 22.8 Å². The number of alkyl halides is 3. The third-order valence-electron chi connectivity index (χ3n) is 2.75. The fourth-order valence-corrected chi connectivity index (χ4v) is 2.08. The first-order chi connectivity index (χ1) is 11.3. The van der Waals surface area contributed by atoms with Crippen LogP contribution in [-0.4, -0.2) is 12.3 Å². The summed E-state index contributed by atoms with van der Waals surface area (Å²) in [6.45, 7) is 0. The summed E-state index contributed by atoms with van der Waals surface area (Å²) < 4.78 is 37.3. The summed E-state index contributed by atoms with van der Waals surface area (Å²) in [5.41, 5.74) is -0.215. The molecule has 0 fully saturated rings. The summed E-state index contributed by atoms with van der Waals surface area (Å²) in [6.07, 6.45) is -4.21. The molecule has 1 amide bonds. The molecule has 24 heavy (non-hydrogen) atoms. The number of carbonyl (C=O) groups is 1. The second kappa shape index (κ2) is 7.55. The van der Waals surface area contributed by atoms with Crippen LogP contribution in [0.2, 0.25) is 10.0 Å². The second-order valence-corrected chi connectivity index (χ2v) is 5.32. The minimum atomic E-state index is -4.44. The number of benzene rings is 2. The molecule has 0 aliphatic heterocycles. The van der Waals surface area contributed by atoms with Gasteiger partial charge in [0.2, 0.25) is 0 Å². The van der Waals surface area contributed by atoms with E-state index in [0.717, 1.165) is 24.3 Å². The van der Waals surface area contributed by atoms with Crippen LogP contribution < -0.4 is 5.32 Å². The summed E-state index contributed by atoms with van der Waals surface area (Å²) in [5, 5.41) is 6.43. The molecular weight excluding hydrogens is 368 g/mol. The topological polar surface area (TPSA) is 50.7 Å². The lowest BCUT2D eigenvalue weighted by Gasteiger charge is -2.07. The Bertz CT molecular complexity index is 762. The number of nitrogens with zero attached hydrogens (tertiary/aromatic N) is 1. The van der Waals surface area contributed by atoms with E-state index in [1.54, 1.807) is 12.1 Å². The monoisotopic (exact) mass is 376 g/mol. The van der Waals surface area contributed by atoms with Crippen molar-refractivity contribution in [1.82, 2.24) is 0 Å². The highest BCUT2D eigenvalue weighted by atomic mass is 35.5. The van der Waals surface area contributed by atoms with Gasteiger partial charge in [0.25, 0.3) is 0 Å². The van der Waals surface area contributed by atoms with Crippen molar-refractivity contribution in [1.29, 1.82) is 0 Å². The van der Waals surface area contributed by atoms with E-state index in [9.17, 15) is 18.0 Å². The van der Waals surface area contributed by atoms with Gasteiger partial charge in [0.05, 0.1) is 16.8 Å². The van der Waals surface area contributed by atoms with Crippen molar-refractivity contribution in [3.05, 3.63) is 63.6 Å². The molecule has 0 aliphatic carbocycles. The molecule has 9 heteroatoms. The maximum absolute atomic E-state index is 12.4. The summed E-state index contributed by atoms with van der Waals surface area (Å²) in [7, 11) is 0. The van der Waals surface area contributed by atoms with Crippen LogP contribution in [0.25, 0.3) is 0 Å². The lowest BCUT2D eigenvalue weighted by molar-refractivity contribution is -0.137. The second-order valence-electron chi connectivity index (χ2n) is 4.48. The lowest BCUT2D eigenvalue weighted by Crippen LogP contribution is -2.11. The van der Waals surface area contributed by atoms with E-state index in [4.69, 9.17) is 23.2 Å². The molecule has 0 spiro atoms. The van der Waals surface area contributed by atoms with Gasteiger partial charge in [-0.15, -0.1) is 0 Å². The van der Waals surface area contributed by atoms with Gasteiger partial charge in [0.1, 0.15) is 0 Å². The fraction of sp³-hybridized carbons (Fsp3) is 0.0667. The van der Waals surface area contributed by atoms with Gasteiger partial charge in [-0.1, -0.05) is 34.4 Å². The van der Waals surface area contributed by atoms with Gasteiger partial charge in [0, 0.05) is 16.3 Å². The van der Waals surface area contributed by atoms with Crippen molar-refractivity contribution in [2.45, 2.75) is 6.18 Å². The molecule has 0 saturated carbocycles. The molecule has 0 bridgehead atoms. The van der Waals surface area contributed by atoms with E-state index in [1.807, 2.05) is 0 Å². The first-order valence-electron chi connectivity index (χ1n) is 6.39. The van der Waals surface area contributed by atoms with E-state index >= 15 is 0 Å². The number of amides is 1. The third kappa shape index (κ3) is 5.14. The van der Waals surface area contributed by atoms with Crippen LogP contribution in [0.15, 0.2) is 47.6 Å². The van der Waals surface area contributed by atoms with E-state index in [1.165, 1.54) is 12.3 Å². The van der Waals surface area contributed by atoms with Gasteiger partial charge in [0.15, 0.2) is 0 Å². The maximum Gasteiger partial charge on any atom is 0.437 e. The van der Waals surface area contributed by atoms with Gasteiger partial charge in [-0.2, -0.15) is 13.2 Å². The number of hydrogen-bond donors (Lipinski definition) is 1. The zero-order valence-corrected chi connectivity index (χ0v) is 13.3. The molecule has 0 unspecified atom stereocenters. The number of halogens is 5. The highest BCUT2D eigenvalue weighted by molar-refractivity contribution is 6.36. The highest BCUT2D eigenvalue weighted by Gasteiger charge is 2.29. The van der Waals surface area contributed by atoms with Crippen LogP contribution >= 0.6 is 23.2 Å². The Kier molecular flexibility index (Phi) is 5.69. The Morgan fingerprint density at radius 2 is 1.79 bits per heavy atom. The molecule has 0 atom stereocenters. The van der Waals surface area contributed by atoms with Crippen LogP contribution in [0.5, 0.6) is 0 Å². The van der Waals surface area contributed by atoms with Crippen LogP contribution in [0.1, 0.15) is 11.1 Å². The highest BCUT2D eigenvalue weighted by Crippen LogP contribution is 2.29. The third-order valence-corrected chi connectivity index (χ3v) is 3.31. The Labute approximate surface area is 144 Å². The first-order valence-corrected chi connectivity index (χ1v) is 7.15. The number of nitrogens with one attached hydrogen (secondary N) is 1. The molecule has 2 rings (SSSR count). The smallest absolute Gasteiger partial charge is 0.298 e. The molecule has 2 aromatic rings. The Morgan fingerprint density at radius 1 is 1.12 bits per heavy atom. The first kappa shape index (κ1) is 18.1. The predicted octanol–water partition coefficient (Wildman–Crippen LogP) is 5.59. The van der Waals surface area contributed by atoms with E-state index in [2.05, 4.69) is 15.3 Å². The Balaban J connectivity index is 1.92. The fourth-order valence-electron chi connectivity index (χ4n) is 1.62. The molecule has 0 saturated heterocycles. The summed E-state index contributed by atoms with van der Waals surface area (Å²) in [4.78, 5) is 16.0. The number of anilines is 1. The number of hydrogen-bond acceptors (Lipinski definition) is 3. The van der Waals surface area contributed by atoms with Crippen molar-refractivity contribution in [2.75, 3.05) is 5.32 Å².